The summed E-state index contributed by atoms with van der Waals surface area (Å²) in [4.78, 5) is 19.8. The molecular formula is C21H29F2N5O. The molecule has 2 N–H and O–H groups in total. The highest BCUT2D eigenvalue weighted by Crippen LogP contribution is 2.42. The van der Waals surface area contributed by atoms with Crippen LogP contribution in [-0.4, -0.2) is 58.3 Å². The first-order valence-electron chi connectivity index (χ1n) is 10.2. The average molecular weight is 405 g/mol. The van der Waals surface area contributed by atoms with E-state index in [1.165, 1.54) is 0 Å². The molecule has 158 valence electrons. The maximum absolute atomic E-state index is 13.2. The third-order valence-electron chi connectivity index (χ3n) is 6.10. The summed E-state index contributed by atoms with van der Waals surface area (Å²) in [5.41, 5.74) is 1.45. The van der Waals surface area contributed by atoms with Crippen molar-refractivity contribution in [1.29, 1.82) is 0 Å². The van der Waals surface area contributed by atoms with Gasteiger partial charge >= 0.3 is 0 Å². The Morgan fingerprint density at radius 3 is 2.90 bits per heavy atom. The van der Waals surface area contributed by atoms with Crippen LogP contribution in [0.25, 0.3) is 5.52 Å². The molecule has 1 atom stereocenters. The van der Waals surface area contributed by atoms with Crippen molar-refractivity contribution in [3.8, 4) is 0 Å². The second kappa shape index (κ2) is 7.32. The number of nitrogens with zero attached hydrogens (tertiary/aromatic N) is 3. The van der Waals surface area contributed by atoms with Crippen LogP contribution in [0.1, 0.15) is 38.1 Å². The molecule has 1 amide bonds. The van der Waals surface area contributed by atoms with E-state index < -0.39 is 11.5 Å². The molecule has 2 aromatic heterocycles. The molecule has 3 heterocycles. The Hall–Kier alpha value is -2.06. The van der Waals surface area contributed by atoms with E-state index >= 15 is 0 Å². The number of piperazine rings is 1. The van der Waals surface area contributed by atoms with Crippen LogP contribution in [0.4, 0.5) is 8.78 Å². The number of carbonyl (C=O) groups excluding carboxylic acids is 1. The van der Waals surface area contributed by atoms with Gasteiger partial charge < -0.3 is 15.0 Å². The topological polar surface area (TPSA) is 61.7 Å². The molecule has 0 spiro atoms. The zero-order valence-corrected chi connectivity index (χ0v) is 17.2. The molecule has 29 heavy (non-hydrogen) atoms. The van der Waals surface area contributed by atoms with Crippen molar-refractivity contribution in [2.24, 2.45) is 5.92 Å². The predicted molar refractivity (Wildman–Crippen MR) is 107 cm³/mol. The zero-order valence-electron chi connectivity index (χ0n) is 17.2. The van der Waals surface area contributed by atoms with Crippen molar-refractivity contribution in [2.45, 2.75) is 51.1 Å². The number of hydrogen-bond acceptors (Lipinski definition) is 4. The summed E-state index contributed by atoms with van der Waals surface area (Å²) < 4.78 is 28.4. The van der Waals surface area contributed by atoms with Crippen LogP contribution in [0.5, 0.6) is 0 Å². The van der Waals surface area contributed by atoms with E-state index in [1.807, 2.05) is 49.7 Å². The minimum absolute atomic E-state index is 0.0365. The second-order valence-corrected chi connectivity index (χ2v) is 8.99. The highest BCUT2D eigenvalue weighted by molar-refractivity contribution is 5.83. The number of fused-ring (bicyclic) bond motifs is 1. The van der Waals surface area contributed by atoms with Gasteiger partial charge in [0.1, 0.15) is 11.9 Å². The van der Waals surface area contributed by atoms with Gasteiger partial charge in [0.25, 0.3) is 0 Å². The van der Waals surface area contributed by atoms with Gasteiger partial charge in [-0.25, -0.2) is 13.8 Å². The Morgan fingerprint density at radius 2 is 2.17 bits per heavy atom. The van der Waals surface area contributed by atoms with Gasteiger partial charge in [-0.05, 0) is 38.3 Å². The molecular weight excluding hydrogens is 376 g/mol. The van der Waals surface area contributed by atoms with E-state index in [1.54, 1.807) is 0 Å². The van der Waals surface area contributed by atoms with Gasteiger partial charge in [0, 0.05) is 45.2 Å². The lowest BCUT2D eigenvalue weighted by Crippen LogP contribution is -2.61. The number of alkyl halides is 2. The third-order valence-corrected chi connectivity index (χ3v) is 6.10. The first-order chi connectivity index (χ1) is 13.7. The number of nitrogens with one attached hydrogen (secondary N) is 2. The summed E-state index contributed by atoms with van der Waals surface area (Å²) in [5.74, 6) is -1.90. The quantitative estimate of drug-likeness (QED) is 0.802. The van der Waals surface area contributed by atoms with Gasteiger partial charge in [-0.1, -0.05) is 6.07 Å². The fourth-order valence-corrected chi connectivity index (χ4v) is 4.54. The summed E-state index contributed by atoms with van der Waals surface area (Å²) in [6.45, 7) is 8.42. The molecule has 1 aliphatic heterocycles. The molecule has 4 rings (SSSR count). The van der Waals surface area contributed by atoms with E-state index in [0.717, 1.165) is 23.4 Å². The minimum Gasteiger partial charge on any atom is -0.343 e. The van der Waals surface area contributed by atoms with Crippen LogP contribution in [0, 0.1) is 12.8 Å². The first kappa shape index (κ1) is 20.2. The normalized spacial score (nSPS) is 23.1. The highest BCUT2D eigenvalue weighted by atomic mass is 19.3. The molecule has 1 saturated carbocycles. The fourth-order valence-electron chi connectivity index (χ4n) is 4.54. The maximum Gasteiger partial charge on any atom is 0.248 e. The minimum atomic E-state index is -2.53. The molecule has 2 fully saturated rings. The van der Waals surface area contributed by atoms with Gasteiger partial charge in [0.05, 0.1) is 17.3 Å². The lowest BCUT2D eigenvalue weighted by molar-refractivity contribution is -0.134. The number of carbonyl (C=O) groups is 1. The Bertz CT molecular complexity index is 902. The monoisotopic (exact) mass is 405 g/mol. The predicted octanol–water partition coefficient (Wildman–Crippen LogP) is 2.31. The summed E-state index contributed by atoms with van der Waals surface area (Å²) in [6.07, 6.45) is 3.62. The number of pyridine rings is 1. The smallest absolute Gasteiger partial charge is 0.248 e. The van der Waals surface area contributed by atoms with Crippen LogP contribution in [0.2, 0.25) is 0 Å². The van der Waals surface area contributed by atoms with Crippen molar-refractivity contribution >= 4 is 11.4 Å². The number of imidazole rings is 1. The largest absolute Gasteiger partial charge is 0.343 e. The number of amides is 1. The molecule has 2 aliphatic rings. The van der Waals surface area contributed by atoms with Gasteiger partial charge in [-0.2, -0.15) is 0 Å². The molecule has 1 aliphatic carbocycles. The van der Waals surface area contributed by atoms with Gasteiger partial charge in [-0.3, -0.25) is 9.69 Å². The third kappa shape index (κ3) is 4.00. The van der Waals surface area contributed by atoms with Gasteiger partial charge in [0.15, 0.2) is 0 Å². The fraction of sp³-hybridized carbons (Fsp3) is 0.619. The maximum atomic E-state index is 13.2. The van der Waals surface area contributed by atoms with Crippen molar-refractivity contribution in [3.05, 3.63) is 35.9 Å². The van der Waals surface area contributed by atoms with Gasteiger partial charge in [-0.15, -0.1) is 0 Å². The van der Waals surface area contributed by atoms with Crippen molar-refractivity contribution in [2.75, 3.05) is 26.2 Å². The van der Waals surface area contributed by atoms with Crippen molar-refractivity contribution in [1.82, 2.24) is 24.9 Å². The number of halogens is 2. The summed E-state index contributed by atoms with van der Waals surface area (Å²) in [7, 11) is 0. The Morgan fingerprint density at radius 1 is 1.41 bits per heavy atom. The van der Waals surface area contributed by atoms with Gasteiger partial charge in [0.2, 0.25) is 11.8 Å². The van der Waals surface area contributed by atoms with Crippen LogP contribution in [0.15, 0.2) is 24.5 Å². The molecule has 0 bridgehead atoms. The molecule has 0 radical (unpaired) electrons. The van der Waals surface area contributed by atoms with Crippen LogP contribution >= 0.6 is 0 Å². The number of hydrogen-bond donors (Lipinski definition) is 2. The van der Waals surface area contributed by atoms with E-state index in [9.17, 15) is 13.6 Å². The molecule has 0 unspecified atom stereocenters. The Kier molecular flexibility index (Phi) is 5.11. The number of aryl methyl sites for hydroxylation is 1. The van der Waals surface area contributed by atoms with Crippen LogP contribution in [-0.2, 0) is 10.3 Å². The molecule has 6 nitrogen and oxygen atoms in total. The molecule has 1 saturated heterocycles. The van der Waals surface area contributed by atoms with Crippen LogP contribution in [0.3, 0.4) is 0 Å². The highest BCUT2D eigenvalue weighted by Gasteiger charge is 2.46. The Balaban J connectivity index is 1.48. The lowest BCUT2D eigenvalue weighted by Gasteiger charge is -2.42. The number of aromatic nitrogens is 2. The van der Waals surface area contributed by atoms with E-state index in [0.29, 0.717) is 19.6 Å². The van der Waals surface area contributed by atoms with E-state index in [2.05, 4.69) is 20.5 Å². The standard InChI is InChI=1S/C21H29F2N5O/c1-14-5-4-7-28-16(14)12-25-19(28)20(2,3)26-18(29)17-11-24-6-8-27(17)13-15-9-21(22,23)10-15/h4-5,7,12,15,17,24H,6,8-11,13H2,1-3H3,(H,26,29)/t17-/m0/s1. The SMILES string of the molecule is Cc1cccn2c(C(C)(C)NC(=O)[C@@H]3CNCCN3CC3CC(F)(F)C3)ncc12. The van der Waals surface area contributed by atoms with Crippen LogP contribution < -0.4 is 10.6 Å². The molecule has 2 aromatic rings. The zero-order chi connectivity index (χ0) is 20.8. The summed E-state index contributed by atoms with van der Waals surface area (Å²) in [5, 5.41) is 6.40. The van der Waals surface area contributed by atoms with Crippen molar-refractivity contribution in [3.63, 3.8) is 0 Å². The summed E-state index contributed by atoms with van der Waals surface area (Å²) >= 11 is 0. The second-order valence-electron chi connectivity index (χ2n) is 8.99. The number of rotatable bonds is 5. The van der Waals surface area contributed by atoms with E-state index in [4.69, 9.17) is 0 Å². The van der Waals surface area contributed by atoms with Crippen molar-refractivity contribution < 1.29 is 13.6 Å². The Labute approximate surface area is 169 Å². The lowest BCUT2D eigenvalue weighted by atomic mass is 9.80. The van der Waals surface area contributed by atoms with E-state index in [-0.39, 0.29) is 30.7 Å². The average Bonchev–Trinajstić information content (AvgIpc) is 3.07. The first-order valence-corrected chi connectivity index (χ1v) is 10.2. The molecule has 8 heteroatoms. The molecule has 0 aromatic carbocycles. The summed E-state index contributed by atoms with van der Waals surface area (Å²) in [6, 6.07) is 3.62.